The first-order chi connectivity index (χ1) is 10.1. The Bertz CT molecular complexity index is 564. The molecular formula is C15H20N4O2. The first-order valence-corrected chi connectivity index (χ1v) is 6.98. The molecule has 0 spiro atoms. The van der Waals surface area contributed by atoms with Gasteiger partial charge in [-0.3, -0.25) is 4.79 Å². The molecule has 1 aromatic carbocycles. The van der Waals surface area contributed by atoms with Crippen molar-refractivity contribution in [2.24, 2.45) is 5.92 Å². The van der Waals surface area contributed by atoms with Gasteiger partial charge in [-0.15, -0.1) is 0 Å². The van der Waals surface area contributed by atoms with E-state index in [1.165, 1.54) is 6.33 Å². The molecule has 0 fully saturated rings. The first kappa shape index (κ1) is 15.2. The summed E-state index contributed by atoms with van der Waals surface area (Å²) in [4.78, 5) is 16.1. The van der Waals surface area contributed by atoms with Crippen LogP contribution < -0.4 is 5.32 Å². The Kier molecular flexibility index (Phi) is 5.05. The fourth-order valence-corrected chi connectivity index (χ4v) is 2.07. The number of hydrogen-bond acceptors (Lipinski definition) is 4. The van der Waals surface area contributed by atoms with Gasteiger partial charge in [-0.2, -0.15) is 5.10 Å². The van der Waals surface area contributed by atoms with Gasteiger partial charge in [0.1, 0.15) is 12.7 Å². The fourth-order valence-electron chi connectivity index (χ4n) is 2.07. The lowest BCUT2D eigenvalue weighted by molar-refractivity contribution is 0.0916. The smallest absolute Gasteiger partial charge is 0.251 e. The molecule has 1 aromatic heterocycles. The number of rotatable bonds is 6. The SMILES string of the molecule is CC(C)C(CCO)NC(=O)c1ccc(-n2cncn2)cc1. The zero-order valence-corrected chi connectivity index (χ0v) is 12.2. The minimum Gasteiger partial charge on any atom is -0.396 e. The molecule has 6 nitrogen and oxygen atoms in total. The number of carbonyl (C=O) groups is 1. The van der Waals surface area contributed by atoms with Gasteiger partial charge < -0.3 is 10.4 Å². The summed E-state index contributed by atoms with van der Waals surface area (Å²) < 4.78 is 1.63. The number of nitrogens with zero attached hydrogens (tertiary/aromatic N) is 3. The van der Waals surface area contributed by atoms with Gasteiger partial charge in [-0.25, -0.2) is 9.67 Å². The Hall–Kier alpha value is -2.21. The van der Waals surface area contributed by atoms with Crippen LogP contribution in [0, 0.1) is 5.92 Å². The van der Waals surface area contributed by atoms with Crippen LogP contribution in [0.1, 0.15) is 30.6 Å². The minimum atomic E-state index is -0.132. The molecular weight excluding hydrogens is 268 g/mol. The highest BCUT2D eigenvalue weighted by Gasteiger charge is 2.16. The first-order valence-electron chi connectivity index (χ1n) is 6.98. The summed E-state index contributed by atoms with van der Waals surface area (Å²) in [5.41, 5.74) is 1.43. The zero-order chi connectivity index (χ0) is 15.2. The molecule has 6 heteroatoms. The third kappa shape index (κ3) is 3.88. The average molecular weight is 288 g/mol. The van der Waals surface area contributed by atoms with Crippen molar-refractivity contribution < 1.29 is 9.90 Å². The molecule has 0 saturated carbocycles. The van der Waals surface area contributed by atoms with Crippen LogP contribution >= 0.6 is 0 Å². The molecule has 0 aliphatic carbocycles. The van der Waals surface area contributed by atoms with Crippen molar-refractivity contribution in [2.75, 3.05) is 6.61 Å². The van der Waals surface area contributed by atoms with Gasteiger partial charge in [-0.05, 0) is 36.6 Å². The summed E-state index contributed by atoms with van der Waals surface area (Å²) in [6.45, 7) is 4.11. The van der Waals surface area contributed by atoms with Gasteiger partial charge in [0.25, 0.3) is 5.91 Å². The molecule has 2 N–H and O–H groups in total. The molecule has 0 bridgehead atoms. The van der Waals surface area contributed by atoms with Gasteiger partial charge in [0.15, 0.2) is 0 Å². The highest BCUT2D eigenvalue weighted by atomic mass is 16.3. The summed E-state index contributed by atoms with van der Waals surface area (Å²) >= 11 is 0. The van der Waals surface area contributed by atoms with Crippen molar-refractivity contribution in [2.45, 2.75) is 26.3 Å². The van der Waals surface area contributed by atoms with E-state index >= 15 is 0 Å². The van der Waals surface area contributed by atoms with Crippen LogP contribution in [0.2, 0.25) is 0 Å². The van der Waals surface area contributed by atoms with Crippen LogP contribution in [-0.4, -0.2) is 38.4 Å². The maximum Gasteiger partial charge on any atom is 0.251 e. The minimum absolute atomic E-state index is 0.0301. The molecule has 21 heavy (non-hydrogen) atoms. The highest BCUT2D eigenvalue weighted by Crippen LogP contribution is 2.10. The van der Waals surface area contributed by atoms with E-state index in [1.807, 2.05) is 26.0 Å². The second-order valence-corrected chi connectivity index (χ2v) is 5.22. The Labute approximate surface area is 123 Å². The van der Waals surface area contributed by atoms with Crippen molar-refractivity contribution in [3.8, 4) is 5.69 Å². The van der Waals surface area contributed by atoms with Crippen LogP contribution in [-0.2, 0) is 0 Å². The van der Waals surface area contributed by atoms with Gasteiger partial charge in [0, 0.05) is 18.2 Å². The normalized spacial score (nSPS) is 12.4. The molecule has 0 saturated heterocycles. The summed E-state index contributed by atoms with van der Waals surface area (Å²) in [6.07, 6.45) is 3.62. The summed E-state index contributed by atoms with van der Waals surface area (Å²) in [7, 11) is 0. The lowest BCUT2D eigenvalue weighted by atomic mass is 10.0. The highest BCUT2D eigenvalue weighted by molar-refractivity contribution is 5.94. The van der Waals surface area contributed by atoms with Gasteiger partial charge in [0.2, 0.25) is 0 Å². The number of aromatic nitrogens is 3. The van der Waals surface area contributed by atoms with E-state index in [4.69, 9.17) is 5.11 Å². The van der Waals surface area contributed by atoms with Crippen LogP contribution in [0.4, 0.5) is 0 Å². The molecule has 1 unspecified atom stereocenters. The van der Waals surface area contributed by atoms with Gasteiger partial charge in [0.05, 0.1) is 5.69 Å². The summed E-state index contributed by atoms with van der Waals surface area (Å²) in [5.74, 6) is 0.141. The lowest BCUT2D eigenvalue weighted by Gasteiger charge is -2.21. The number of benzene rings is 1. The average Bonchev–Trinajstić information content (AvgIpc) is 3.01. The number of aliphatic hydroxyl groups is 1. The van der Waals surface area contributed by atoms with E-state index in [0.717, 1.165) is 5.69 Å². The maximum atomic E-state index is 12.2. The van der Waals surface area contributed by atoms with Crippen molar-refractivity contribution >= 4 is 5.91 Å². The molecule has 0 aliphatic heterocycles. The predicted octanol–water partition coefficient (Wildman–Crippen LogP) is 1.40. The molecule has 2 aromatic rings. The van der Waals surface area contributed by atoms with E-state index in [1.54, 1.807) is 23.1 Å². The fraction of sp³-hybridized carbons (Fsp3) is 0.400. The number of hydrogen-bond donors (Lipinski definition) is 2. The number of nitrogens with one attached hydrogen (secondary N) is 1. The molecule has 0 radical (unpaired) electrons. The van der Waals surface area contributed by atoms with Gasteiger partial charge >= 0.3 is 0 Å². The largest absolute Gasteiger partial charge is 0.396 e. The van der Waals surface area contributed by atoms with E-state index < -0.39 is 0 Å². The molecule has 1 heterocycles. The van der Waals surface area contributed by atoms with Crippen LogP contribution in [0.5, 0.6) is 0 Å². The maximum absolute atomic E-state index is 12.2. The van der Waals surface area contributed by atoms with E-state index in [9.17, 15) is 4.79 Å². The third-order valence-electron chi connectivity index (χ3n) is 3.37. The zero-order valence-electron chi connectivity index (χ0n) is 12.2. The molecule has 2 rings (SSSR count). The van der Waals surface area contributed by atoms with Crippen LogP contribution in [0.3, 0.4) is 0 Å². The van der Waals surface area contributed by atoms with E-state index in [0.29, 0.717) is 12.0 Å². The van der Waals surface area contributed by atoms with E-state index in [2.05, 4.69) is 15.4 Å². The summed E-state index contributed by atoms with van der Waals surface area (Å²) in [6, 6.07) is 7.11. The number of amides is 1. The van der Waals surface area contributed by atoms with Crippen LogP contribution in [0.25, 0.3) is 5.69 Å². The number of aliphatic hydroxyl groups excluding tert-OH is 1. The molecule has 112 valence electrons. The quantitative estimate of drug-likeness (QED) is 0.842. The number of carbonyl (C=O) groups excluding carboxylic acids is 1. The molecule has 1 amide bonds. The van der Waals surface area contributed by atoms with Gasteiger partial charge in [-0.1, -0.05) is 13.8 Å². The van der Waals surface area contributed by atoms with Crippen LogP contribution in [0.15, 0.2) is 36.9 Å². The summed E-state index contributed by atoms with van der Waals surface area (Å²) in [5, 5.41) is 16.0. The molecule has 1 atom stereocenters. The Balaban J connectivity index is 2.06. The van der Waals surface area contributed by atoms with Crippen molar-refractivity contribution in [3.05, 3.63) is 42.5 Å². The lowest BCUT2D eigenvalue weighted by Crippen LogP contribution is -2.39. The van der Waals surface area contributed by atoms with Crippen molar-refractivity contribution in [3.63, 3.8) is 0 Å². The second kappa shape index (κ2) is 6.99. The van der Waals surface area contributed by atoms with Crippen molar-refractivity contribution in [1.82, 2.24) is 20.1 Å². The standard InChI is InChI=1S/C15H20N4O2/c1-11(2)14(7-8-20)18-15(21)12-3-5-13(6-4-12)19-10-16-9-17-19/h3-6,9-11,14,20H,7-8H2,1-2H3,(H,18,21). The van der Waals surface area contributed by atoms with E-state index in [-0.39, 0.29) is 24.5 Å². The topological polar surface area (TPSA) is 80.0 Å². The Morgan fingerprint density at radius 2 is 2.05 bits per heavy atom. The second-order valence-electron chi connectivity index (χ2n) is 5.22. The molecule has 0 aliphatic rings. The monoisotopic (exact) mass is 288 g/mol. The predicted molar refractivity (Wildman–Crippen MR) is 79.2 cm³/mol. The third-order valence-corrected chi connectivity index (χ3v) is 3.37. The van der Waals surface area contributed by atoms with Crippen molar-refractivity contribution in [1.29, 1.82) is 0 Å². The Morgan fingerprint density at radius 1 is 1.33 bits per heavy atom. The Morgan fingerprint density at radius 3 is 2.57 bits per heavy atom.